The third kappa shape index (κ3) is 1.73. The Labute approximate surface area is 129 Å². The number of nitrogens with zero attached hydrogens (tertiary/aromatic N) is 1. The van der Waals surface area contributed by atoms with Crippen LogP contribution in [0.1, 0.15) is 46.0 Å². The lowest BCUT2D eigenvalue weighted by Gasteiger charge is -2.58. The predicted molar refractivity (Wildman–Crippen MR) is 72.6 cm³/mol. The van der Waals surface area contributed by atoms with Crippen LogP contribution in [0.25, 0.3) is 0 Å². The van der Waals surface area contributed by atoms with E-state index in [0.717, 1.165) is 19.3 Å². The van der Waals surface area contributed by atoms with Gasteiger partial charge in [0.05, 0.1) is 12.0 Å². The number of ether oxygens (including phenoxy) is 2. The fourth-order valence-electron chi connectivity index (χ4n) is 4.94. The number of hydrogen-bond donors (Lipinski definition) is 0. The van der Waals surface area contributed by atoms with Crippen LogP contribution in [0.15, 0.2) is 0 Å². The molecule has 5 rings (SSSR count). The molecule has 22 heavy (non-hydrogen) atoms. The fraction of sp³-hybridized carbons (Fsp3) is 0.875. The average Bonchev–Trinajstić information content (AvgIpc) is 2.70. The highest BCUT2D eigenvalue weighted by molar-refractivity contribution is 5.74. The number of carbonyl (C=O) groups excluding carboxylic acids is 1. The van der Waals surface area contributed by atoms with Gasteiger partial charge in [-0.25, -0.2) is 9.78 Å². The van der Waals surface area contributed by atoms with E-state index in [9.17, 15) is 4.79 Å². The normalized spacial score (nSPS) is 53.1. The van der Waals surface area contributed by atoms with Crippen LogP contribution in [-0.2, 0) is 24.0 Å². The molecule has 4 saturated heterocycles. The van der Waals surface area contributed by atoms with Crippen LogP contribution >= 0.6 is 0 Å². The Kier molecular flexibility index (Phi) is 3.06. The number of fused-ring (bicyclic) bond motifs is 2. The summed E-state index contributed by atoms with van der Waals surface area (Å²) in [4.78, 5) is 23.9. The zero-order valence-corrected chi connectivity index (χ0v) is 12.9. The minimum absolute atomic E-state index is 0.0813. The third-order valence-electron chi connectivity index (χ3n) is 6.10. The van der Waals surface area contributed by atoms with E-state index in [0.29, 0.717) is 12.3 Å². The molecule has 0 aromatic carbocycles. The molecule has 6 heteroatoms. The van der Waals surface area contributed by atoms with E-state index in [2.05, 4.69) is 13.0 Å². The summed E-state index contributed by atoms with van der Waals surface area (Å²) in [6.07, 6.45) is 2.92. The van der Waals surface area contributed by atoms with Crippen LogP contribution in [0.3, 0.4) is 0 Å². The van der Waals surface area contributed by atoms with Gasteiger partial charge in [-0.1, -0.05) is 6.92 Å². The molecule has 5 fully saturated rings. The van der Waals surface area contributed by atoms with Crippen molar-refractivity contribution in [1.29, 1.82) is 5.26 Å². The van der Waals surface area contributed by atoms with Crippen LogP contribution < -0.4 is 0 Å². The van der Waals surface area contributed by atoms with Gasteiger partial charge in [0.15, 0.2) is 5.60 Å². The topological polar surface area (TPSA) is 77.8 Å². The fourth-order valence-corrected chi connectivity index (χ4v) is 4.94. The number of nitriles is 1. The van der Waals surface area contributed by atoms with E-state index in [1.807, 2.05) is 6.92 Å². The van der Waals surface area contributed by atoms with Crippen molar-refractivity contribution in [1.82, 2.24) is 0 Å². The van der Waals surface area contributed by atoms with E-state index < -0.39 is 23.6 Å². The Morgan fingerprint density at radius 1 is 1.27 bits per heavy atom. The molecule has 1 spiro atoms. The summed E-state index contributed by atoms with van der Waals surface area (Å²) in [5.41, 5.74) is -0.761. The largest absolute Gasteiger partial charge is 0.432 e. The second kappa shape index (κ2) is 4.67. The quantitative estimate of drug-likeness (QED) is 0.546. The van der Waals surface area contributed by atoms with Crippen molar-refractivity contribution in [3.63, 3.8) is 0 Å². The summed E-state index contributed by atoms with van der Waals surface area (Å²) >= 11 is 0. The maximum absolute atomic E-state index is 12.4. The third-order valence-corrected chi connectivity index (χ3v) is 6.10. The van der Waals surface area contributed by atoms with Crippen LogP contribution in [0.5, 0.6) is 0 Å². The van der Waals surface area contributed by atoms with Crippen molar-refractivity contribution in [3.05, 3.63) is 0 Å². The first kappa shape index (κ1) is 14.4. The van der Waals surface area contributed by atoms with Crippen molar-refractivity contribution >= 4 is 5.97 Å². The minimum atomic E-state index is -0.861. The molecular formula is C16H21NO5. The molecule has 0 N–H and O–H groups in total. The molecule has 0 radical (unpaired) electrons. The number of carbonyl (C=O) groups is 1. The highest BCUT2D eigenvalue weighted by Gasteiger charge is 2.70. The lowest BCUT2D eigenvalue weighted by molar-refractivity contribution is -0.559. The van der Waals surface area contributed by atoms with E-state index in [4.69, 9.17) is 24.5 Å². The standard InChI is InChI=1S/C16H21NO5/c1-9-3-4-12-10(6-8-17)13(18)19-14-16(12)11(9)5-7-15(2,20-14)21-22-16/h9-12,14H,3-7H2,1-2H3/t9-,10+,11+,12+,14-,15+,16-/m1/s1. The maximum atomic E-state index is 12.4. The molecule has 4 aliphatic heterocycles. The first-order chi connectivity index (χ1) is 10.5. The van der Waals surface area contributed by atoms with Crippen molar-refractivity contribution in [2.45, 2.75) is 63.6 Å². The maximum Gasteiger partial charge on any atom is 0.312 e. The van der Waals surface area contributed by atoms with Gasteiger partial charge in [0.1, 0.15) is 0 Å². The zero-order chi connectivity index (χ0) is 15.5. The highest BCUT2D eigenvalue weighted by atomic mass is 17.3. The van der Waals surface area contributed by atoms with Crippen molar-refractivity contribution in [2.24, 2.45) is 23.7 Å². The Morgan fingerprint density at radius 2 is 2.09 bits per heavy atom. The lowest BCUT2D eigenvalue weighted by atomic mass is 9.57. The van der Waals surface area contributed by atoms with Gasteiger partial charge in [0.25, 0.3) is 0 Å². The monoisotopic (exact) mass is 307 g/mol. The molecule has 2 bridgehead atoms. The van der Waals surface area contributed by atoms with Gasteiger partial charge in [0, 0.05) is 24.7 Å². The van der Waals surface area contributed by atoms with Gasteiger partial charge in [-0.3, -0.25) is 4.79 Å². The predicted octanol–water partition coefficient (Wildman–Crippen LogP) is 2.29. The molecule has 0 aromatic heterocycles. The average molecular weight is 307 g/mol. The summed E-state index contributed by atoms with van der Waals surface area (Å²) in [6.45, 7) is 4.04. The molecule has 5 aliphatic rings. The van der Waals surface area contributed by atoms with Gasteiger partial charge in [0.2, 0.25) is 12.1 Å². The van der Waals surface area contributed by atoms with Crippen LogP contribution in [0, 0.1) is 35.0 Å². The summed E-state index contributed by atoms with van der Waals surface area (Å²) in [7, 11) is 0. The summed E-state index contributed by atoms with van der Waals surface area (Å²) in [6, 6.07) is 2.12. The van der Waals surface area contributed by atoms with Gasteiger partial charge < -0.3 is 9.47 Å². The smallest absolute Gasteiger partial charge is 0.312 e. The molecule has 0 amide bonds. The molecule has 120 valence electrons. The van der Waals surface area contributed by atoms with E-state index >= 15 is 0 Å². The van der Waals surface area contributed by atoms with Gasteiger partial charge in [-0.15, -0.1) is 0 Å². The SMILES string of the molecule is C[C@@H]1CC[C@H]2[C@H](CC#N)C(=O)O[C@@H]3O[C@]4(C)CC[C@@H]1[C@]32OO4. The Bertz CT molecular complexity index is 545. The van der Waals surface area contributed by atoms with Crippen LogP contribution in [-0.4, -0.2) is 23.6 Å². The second-order valence-corrected chi connectivity index (χ2v) is 7.32. The van der Waals surface area contributed by atoms with Crippen LogP contribution in [0.4, 0.5) is 0 Å². The number of rotatable bonds is 1. The zero-order valence-electron chi connectivity index (χ0n) is 12.9. The summed E-state index contributed by atoms with van der Waals surface area (Å²) < 4.78 is 11.6. The molecule has 1 aliphatic carbocycles. The Morgan fingerprint density at radius 3 is 2.86 bits per heavy atom. The van der Waals surface area contributed by atoms with Crippen molar-refractivity contribution < 1.29 is 24.0 Å². The van der Waals surface area contributed by atoms with Crippen molar-refractivity contribution in [3.8, 4) is 6.07 Å². The molecule has 6 nitrogen and oxygen atoms in total. The summed E-state index contributed by atoms with van der Waals surface area (Å²) in [5, 5.41) is 9.08. The van der Waals surface area contributed by atoms with E-state index in [1.165, 1.54) is 0 Å². The first-order valence-electron chi connectivity index (χ1n) is 8.12. The molecule has 0 unspecified atom stereocenters. The minimum Gasteiger partial charge on any atom is -0.432 e. The first-order valence-corrected chi connectivity index (χ1v) is 8.12. The molecule has 7 atom stereocenters. The Hall–Kier alpha value is -1.16. The van der Waals surface area contributed by atoms with E-state index in [-0.39, 0.29) is 24.2 Å². The number of hydrogen-bond acceptors (Lipinski definition) is 6. The molecule has 4 heterocycles. The molecule has 0 aromatic rings. The molecular weight excluding hydrogens is 286 g/mol. The Balaban J connectivity index is 1.81. The van der Waals surface area contributed by atoms with E-state index in [1.54, 1.807) is 0 Å². The lowest BCUT2D eigenvalue weighted by Crippen LogP contribution is -2.69. The van der Waals surface area contributed by atoms with Gasteiger partial charge in [-0.05, 0) is 32.1 Å². The van der Waals surface area contributed by atoms with Gasteiger partial charge in [-0.2, -0.15) is 5.26 Å². The van der Waals surface area contributed by atoms with Crippen LogP contribution in [0.2, 0.25) is 0 Å². The highest BCUT2D eigenvalue weighted by Crippen LogP contribution is 2.60. The summed E-state index contributed by atoms with van der Waals surface area (Å²) in [5.74, 6) is -1.07. The number of esters is 1. The molecule has 1 saturated carbocycles. The van der Waals surface area contributed by atoms with Crippen molar-refractivity contribution in [2.75, 3.05) is 0 Å². The second-order valence-electron chi connectivity index (χ2n) is 7.32. The van der Waals surface area contributed by atoms with Gasteiger partial charge >= 0.3 is 5.97 Å².